The molecule has 0 heterocycles. The Morgan fingerprint density at radius 2 is 1.94 bits per heavy atom. The summed E-state index contributed by atoms with van der Waals surface area (Å²) in [6, 6.07) is 0.604. The second kappa shape index (κ2) is 7.47. The van der Waals surface area contributed by atoms with Crippen molar-refractivity contribution in [2.45, 2.75) is 18.9 Å². The number of aromatic hydroxyl groups is 1. The highest BCUT2D eigenvalue weighted by atomic mass is 79.9. The summed E-state index contributed by atoms with van der Waals surface area (Å²) < 4.78 is 30.3. The van der Waals surface area contributed by atoms with E-state index in [4.69, 9.17) is 10.5 Å². The van der Waals surface area contributed by atoms with Crippen molar-refractivity contribution in [2.24, 2.45) is 5.73 Å². The van der Waals surface area contributed by atoms with Crippen LogP contribution in [0.5, 0.6) is 11.5 Å². The van der Waals surface area contributed by atoms with Crippen LogP contribution in [0.15, 0.2) is 15.0 Å². The van der Waals surface area contributed by atoms with Crippen LogP contribution in [0, 0.1) is 0 Å². The zero-order chi connectivity index (χ0) is 13.2. The molecule has 3 N–H and O–H groups in total. The molecular weight excluding hydrogens is 399 g/mol. The third kappa shape index (κ3) is 3.94. The zero-order valence-electron chi connectivity index (χ0n) is 9.29. The minimum absolute atomic E-state index is 0. The molecule has 18 heavy (non-hydrogen) atoms. The first kappa shape index (κ1) is 17.9. The van der Waals surface area contributed by atoms with Crippen LogP contribution in [0.4, 0.5) is 8.78 Å². The molecule has 0 bridgehead atoms. The highest BCUT2D eigenvalue weighted by Gasteiger charge is 2.21. The van der Waals surface area contributed by atoms with Gasteiger partial charge in [-0.1, -0.05) is 0 Å². The number of ether oxygens (including phenoxy) is 1. The lowest BCUT2D eigenvalue weighted by atomic mass is 10.0. The normalized spacial score (nSPS) is 12.2. The average Bonchev–Trinajstić information content (AvgIpc) is 2.25. The number of rotatable bonds is 4. The van der Waals surface area contributed by atoms with Crippen LogP contribution in [-0.2, 0) is 0 Å². The minimum Gasteiger partial charge on any atom is -0.503 e. The van der Waals surface area contributed by atoms with Gasteiger partial charge in [-0.05, 0) is 43.5 Å². The Labute approximate surface area is 126 Å². The van der Waals surface area contributed by atoms with Crippen molar-refractivity contribution in [1.29, 1.82) is 0 Å². The van der Waals surface area contributed by atoms with Gasteiger partial charge in [0.05, 0.1) is 11.6 Å². The van der Waals surface area contributed by atoms with Crippen LogP contribution in [0.2, 0.25) is 0 Å². The van der Waals surface area contributed by atoms with E-state index in [2.05, 4.69) is 31.9 Å². The molecule has 0 aliphatic carbocycles. The largest absolute Gasteiger partial charge is 0.503 e. The van der Waals surface area contributed by atoms with Gasteiger partial charge >= 0.3 is 0 Å². The standard InChI is InChI=1S/C10H11Br2F2NO2.ClH/c1-17-6-2-4(5(15)3-7(13)14)8(11)9(12)10(6)16;/h2,5,7,16H,3,15H2,1H3;1H/t5-;/m1./s1. The molecule has 1 aromatic carbocycles. The summed E-state index contributed by atoms with van der Waals surface area (Å²) in [7, 11) is 1.37. The number of hydrogen-bond donors (Lipinski definition) is 2. The Kier molecular flexibility index (Phi) is 7.43. The van der Waals surface area contributed by atoms with E-state index >= 15 is 0 Å². The van der Waals surface area contributed by atoms with Crippen LogP contribution in [0.3, 0.4) is 0 Å². The van der Waals surface area contributed by atoms with Crippen molar-refractivity contribution in [3.8, 4) is 11.5 Å². The van der Waals surface area contributed by atoms with Crippen molar-refractivity contribution >= 4 is 44.3 Å². The molecule has 0 saturated carbocycles. The smallest absolute Gasteiger partial charge is 0.240 e. The van der Waals surface area contributed by atoms with Gasteiger partial charge in [-0.2, -0.15) is 0 Å². The van der Waals surface area contributed by atoms with Crippen molar-refractivity contribution in [3.05, 3.63) is 20.6 Å². The minimum atomic E-state index is -2.49. The van der Waals surface area contributed by atoms with E-state index in [9.17, 15) is 13.9 Å². The molecule has 0 saturated heterocycles. The number of methoxy groups -OCH3 is 1. The van der Waals surface area contributed by atoms with Crippen LogP contribution < -0.4 is 10.5 Å². The van der Waals surface area contributed by atoms with E-state index in [1.807, 2.05) is 0 Å². The van der Waals surface area contributed by atoms with Crippen molar-refractivity contribution in [3.63, 3.8) is 0 Å². The number of nitrogens with two attached hydrogens (primary N) is 1. The fraction of sp³-hybridized carbons (Fsp3) is 0.400. The lowest BCUT2D eigenvalue weighted by molar-refractivity contribution is 0.128. The fourth-order valence-corrected chi connectivity index (χ4v) is 2.38. The van der Waals surface area contributed by atoms with E-state index in [0.717, 1.165) is 0 Å². The SMILES string of the molecule is COc1cc([C@H](N)CC(F)F)c(Br)c(Br)c1O.Cl. The Balaban J connectivity index is 0.00000289. The molecule has 1 atom stereocenters. The summed E-state index contributed by atoms with van der Waals surface area (Å²) in [6.07, 6.45) is -2.95. The zero-order valence-corrected chi connectivity index (χ0v) is 13.3. The summed E-state index contributed by atoms with van der Waals surface area (Å²) in [6.45, 7) is 0. The van der Waals surface area contributed by atoms with Crippen LogP contribution in [0.25, 0.3) is 0 Å². The molecule has 0 radical (unpaired) electrons. The number of benzene rings is 1. The first-order chi connectivity index (χ1) is 7.88. The third-order valence-electron chi connectivity index (χ3n) is 2.23. The average molecular weight is 411 g/mol. The number of phenols is 1. The van der Waals surface area contributed by atoms with Gasteiger partial charge in [0.1, 0.15) is 0 Å². The van der Waals surface area contributed by atoms with E-state index < -0.39 is 18.9 Å². The number of alkyl halides is 2. The predicted octanol–water partition coefficient (Wildman–Crippen LogP) is 4.00. The molecule has 0 unspecified atom stereocenters. The Hall–Kier alpha value is -0.110. The third-order valence-corrected chi connectivity index (χ3v) is 4.38. The molecule has 0 aliphatic rings. The van der Waals surface area contributed by atoms with Gasteiger partial charge in [-0.25, -0.2) is 8.78 Å². The maximum atomic E-state index is 12.3. The van der Waals surface area contributed by atoms with Gasteiger partial charge in [0.2, 0.25) is 6.43 Å². The molecule has 0 fully saturated rings. The van der Waals surface area contributed by atoms with Crippen molar-refractivity contribution < 1.29 is 18.6 Å². The molecule has 1 aromatic rings. The molecule has 104 valence electrons. The lowest BCUT2D eigenvalue weighted by Crippen LogP contribution is -2.15. The molecular formula is C10H12Br2ClF2NO2. The van der Waals surface area contributed by atoms with E-state index in [0.29, 0.717) is 14.5 Å². The van der Waals surface area contributed by atoms with Crippen molar-refractivity contribution in [2.75, 3.05) is 7.11 Å². The number of hydrogen-bond acceptors (Lipinski definition) is 3. The van der Waals surface area contributed by atoms with Gasteiger partial charge in [0, 0.05) is 16.9 Å². The monoisotopic (exact) mass is 409 g/mol. The summed E-state index contributed by atoms with van der Waals surface area (Å²) in [5.74, 6) is 0.0761. The predicted molar refractivity (Wildman–Crippen MR) is 74.9 cm³/mol. The molecule has 8 heteroatoms. The molecule has 0 aromatic heterocycles. The van der Waals surface area contributed by atoms with E-state index in [1.165, 1.54) is 13.2 Å². The van der Waals surface area contributed by atoms with E-state index in [1.54, 1.807) is 0 Å². The van der Waals surface area contributed by atoms with E-state index in [-0.39, 0.29) is 23.9 Å². The first-order valence-electron chi connectivity index (χ1n) is 4.67. The maximum absolute atomic E-state index is 12.3. The molecule has 3 nitrogen and oxygen atoms in total. The van der Waals surface area contributed by atoms with Crippen LogP contribution in [-0.4, -0.2) is 18.6 Å². The summed E-state index contributed by atoms with van der Waals surface area (Å²) in [5, 5.41) is 9.68. The molecule has 1 rings (SSSR count). The van der Waals surface area contributed by atoms with Gasteiger partial charge < -0.3 is 15.6 Å². The number of halogens is 5. The first-order valence-corrected chi connectivity index (χ1v) is 6.25. The summed E-state index contributed by atoms with van der Waals surface area (Å²) in [4.78, 5) is 0. The fourth-order valence-electron chi connectivity index (χ4n) is 1.36. The lowest BCUT2D eigenvalue weighted by Gasteiger charge is -2.17. The Bertz CT molecular complexity index is 421. The van der Waals surface area contributed by atoms with Crippen molar-refractivity contribution in [1.82, 2.24) is 0 Å². The van der Waals surface area contributed by atoms with Gasteiger partial charge in [0.15, 0.2) is 11.5 Å². The summed E-state index contributed by atoms with van der Waals surface area (Å²) >= 11 is 6.33. The van der Waals surface area contributed by atoms with Crippen LogP contribution >= 0.6 is 44.3 Å². The summed E-state index contributed by atoms with van der Waals surface area (Å²) in [5.41, 5.74) is 6.12. The Morgan fingerprint density at radius 3 is 2.39 bits per heavy atom. The molecule has 0 spiro atoms. The maximum Gasteiger partial charge on any atom is 0.240 e. The Morgan fingerprint density at radius 1 is 1.39 bits per heavy atom. The highest BCUT2D eigenvalue weighted by molar-refractivity contribution is 9.13. The highest BCUT2D eigenvalue weighted by Crippen LogP contribution is 2.43. The van der Waals surface area contributed by atoms with Gasteiger partial charge in [-0.15, -0.1) is 12.4 Å². The quantitative estimate of drug-likeness (QED) is 0.787. The topological polar surface area (TPSA) is 55.5 Å². The second-order valence-corrected chi connectivity index (χ2v) is 4.96. The molecule has 0 aliphatic heterocycles. The number of phenolic OH excluding ortho intramolecular Hbond substituents is 1. The second-order valence-electron chi connectivity index (χ2n) is 3.38. The van der Waals surface area contributed by atoms with Crippen LogP contribution in [0.1, 0.15) is 18.0 Å². The van der Waals surface area contributed by atoms with Gasteiger partial charge in [0.25, 0.3) is 0 Å². The van der Waals surface area contributed by atoms with Gasteiger partial charge in [-0.3, -0.25) is 0 Å². The molecule has 0 amide bonds.